The van der Waals surface area contributed by atoms with Gasteiger partial charge in [0.1, 0.15) is 17.5 Å². The number of hydrogen-bond donors (Lipinski definition) is 1. The van der Waals surface area contributed by atoms with Gasteiger partial charge in [0.05, 0.1) is 7.11 Å². The van der Waals surface area contributed by atoms with E-state index in [0.29, 0.717) is 11.6 Å². The van der Waals surface area contributed by atoms with E-state index >= 15 is 0 Å². The molecule has 0 atom stereocenters. The Morgan fingerprint density at radius 3 is 2.78 bits per heavy atom. The predicted octanol–water partition coefficient (Wildman–Crippen LogP) is 1.25. The van der Waals surface area contributed by atoms with Gasteiger partial charge in [0.2, 0.25) is 0 Å². The van der Waals surface area contributed by atoms with Gasteiger partial charge in [-0.2, -0.15) is 0 Å². The first-order chi connectivity index (χ1) is 8.56. The van der Waals surface area contributed by atoms with Gasteiger partial charge in [0, 0.05) is 6.20 Å². The van der Waals surface area contributed by atoms with Crippen molar-refractivity contribution in [1.82, 2.24) is 14.5 Å². The Hall–Kier alpha value is -2.37. The quantitative estimate of drug-likeness (QED) is 0.806. The fourth-order valence-electron chi connectivity index (χ4n) is 1.77. The van der Waals surface area contributed by atoms with Crippen molar-refractivity contribution in [1.29, 1.82) is 0 Å². The van der Waals surface area contributed by atoms with Crippen LogP contribution in [0.15, 0.2) is 18.3 Å². The molecule has 0 unspecified atom stereocenters. The summed E-state index contributed by atoms with van der Waals surface area (Å²) in [4.78, 5) is 19.9. The molecule has 0 saturated heterocycles. The molecule has 0 amide bonds. The molecule has 0 aliphatic rings. The maximum atomic E-state index is 11.5. The first kappa shape index (κ1) is 12.1. The van der Waals surface area contributed by atoms with Gasteiger partial charge < -0.3 is 10.5 Å². The summed E-state index contributed by atoms with van der Waals surface area (Å²) in [5.74, 6) is 0.939. The number of pyridine rings is 1. The van der Waals surface area contributed by atoms with Gasteiger partial charge in [0.25, 0.3) is 0 Å². The van der Waals surface area contributed by atoms with Crippen LogP contribution in [0, 0.1) is 13.8 Å². The second-order valence-electron chi connectivity index (χ2n) is 3.86. The van der Waals surface area contributed by atoms with E-state index in [0.717, 1.165) is 5.56 Å². The highest BCUT2D eigenvalue weighted by Gasteiger charge is 2.21. The van der Waals surface area contributed by atoms with Crippen LogP contribution in [-0.4, -0.2) is 27.6 Å². The van der Waals surface area contributed by atoms with Gasteiger partial charge >= 0.3 is 5.97 Å². The van der Waals surface area contributed by atoms with Gasteiger partial charge in [-0.15, -0.1) is 0 Å². The van der Waals surface area contributed by atoms with Crippen LogP contribution in [0.1, 0.15) is 21.9 Å². The summed E-state index contributed by atoms with van der Waals surface area (Å²) in [6, 6.07) is 3.75. The Kier molecular flexibility index (Phi) is 3.01. The molecule has 0 spiro atoms. The van der Waals surface area contributed by atoms with E-state index in [4.69, 9.17) is 5.73 Å². The number of nitrogens with zero attached hydrogens (tertiary/aromatic N) is 3. The van der Waals surface area contributed by atoms with E-state index < -0.39 is 5.97 Å². The molecule has 0 aromatic carbocycles. The molecule has 94 valence electrons. The fourth-order valence-corrected chi connectivity index (χ4v) is 1.77. The summed E-state index contributed by atoms with van der Waals surface area (Å²) in [7, 11) is 1.29. The van der Waals surface area contributed by atoms with Crippen molar-refractivity contribution in [3.8, 4) is 5.82 Å². The van der Waals surface area contributed by atoms with Crippen molar-refractivity contribution in [3.63, 3.8) is 0 Å². The Morgan fingerprint density at radius 2 is 2.17 bits per heavy atom. The third kappa shape index (κ3) is 1.81. The molecule has 2 N–H and O–H groups in total. The molecule has 0 saturated carbocycles. The van der Waals surface area contributed by atoms with Crippen molar-refractivity contribution in [2.45, 2.75) is 13.8 Å². The second-order valence-corrected chi connectivity index (χ2v) is 3.86. The highest BCUT2D eigenvalue weighted by atomic mass is 16.5. The topological polar surface area (TPSA) is 83.0 Å². The van der Waals surface area contributed by atoms with Crippen LogP contribution in [0.5, 0.6) is 0 Å². The van der Waals surface area contributed by atoms with E-state index in [9.17, 15) is 4.79 Å². The van der Waals surface area contributed by atoms with Crippen LogP contribution in [-0.2, 0) is 4.74 Å². The monoisotopic (exact) mass is 246 g/mol. The zero-order valence-electron chi connectivity index (χ0n) is 10.5. The number of aryl methyl sites for hydroxylation is 2. The molecule has 0 fully saturated rings. The number of imidazole rings is 1. The lowest BCUT2D eigenvalue weighted by Crippen LogP contribution is -2.09. The van der Waals surface area contributed by atoms with Crippen molar-refractivity contribution in [2.75, 3.05) is 12.8 Å². The average molecular weight is 246 g/mol. The summed E-state index contributed by atoms with van der Waals surface area (Å²) in [5, 5.41) is 0. The number of nitrogens with two attached hydrogens (primary N) is 1. The molecule has 2 aromatic heterocycles. The van der Waals surface area contributed by atoms with Crippen LogP contribution >= 0.6 is 0 Å². The number of esters is 1. The number of rotatable bonds is 2. The minimum absolute atomic E-state index is 0.111. The SMILES string of the molecule is COC(=O)c1nc(C)n(-c2ncccc2C)c1N. The Labute approximate surface area is 104 Å². The molecular formula is C12H14N4O2. The summed E-state index contributed by atoms with van der Waals surface area (Å²) in [5.41, 5.74) is 7.00. The third-order valence-electron chi connectivity index (χ3n) is 2.65. The Bertz CT molecular complexity index is 604. The first-order valence-corrected chi connectivity index (χ1v) is 5.41. The smallest absolute Gasteiger partial charge is 0.360 e. The maximum Gasteiger partial charge on any atom is 0.360 e. The Morgan fingerprint density at radius 1 is 1.44 bits per heavy atom. The normalized spacial score (nSPS) is 10.4. The molecule has 0 aliphatic carbocycles. The van der Waals surface area contributed by atoms with E-state index in [1.54, 1.807) is 17.7 Å². The largest absolute Gasteiger partial charge is 0.464 e. The molecule has 18 heavy (non-hydrogen) atoms. The lowest BCUT2D eigenvalue weighted by atomic mass is 10.3. The van der Waals surface area contributed by atoms with Crippen LogP contribution < -0.4 is 5.73 Å². The lowest BCUT2D eigenvalue weighted by molar-refractivity contribution is 0.0596. The summed E-state index contributed by atoms with van der Waals surface area (Å²) < 4.78 is 6.28. The number of anilines is 1. The highest BCUT2D eigenvalue weighted by molar-refractivity contribution is 5.92. The molecule has 0 aliphatic heterocycles. The Balaban J connectivity index is 2.63. The molecule has 2 heterocycles. The standard InChI is InChI=1S/C12H14N4O2/c1-7-5-4-6-14-11(7)16-8(2)15-9(10(16)13)12(17)18-3/h4-6H,13H2,1-3H3. The zero-order chi connectivity index (χ0) is 13.3. The van der Waals surface area contributed by atoms with Crippen molar-refractivity contribution in [3.05, 3.63) is 35.4 Å². The minimum atomic E-state index is -0.553. The predicted molar refractivity (Wildman–Crippen MR) is 66.6 cm³/mol. The summed E-state index contributed by atoms with van der Waals surface area (Å²) in [6.07, 6.45) is 1.67. The first-order valence-electron chi connectivity index (χ1n) is 5.41. The number of hydrogen-bond acceptors (Lipinski definition) is 5. The molecule has 0 radical (unpaired) electrons. The molecular weight excluding hydrogens is 232 g/mol. The van der Waals surface area contributed by atoms with Gasteiger partial charge in [-0.3, -0.25) is 4.57 Å². The zero-order valence-corrected chi connectivity index (χ0v) is 10.5. The number of methoxy groups -OCH3 is 1. The average Bonchev–Trinajstić information content (AvgIpc) is 2.65. The molecule has 2 aromatic rings. The van der Waals surface area contributed by atoms with E-state index in [1.807, 2.05) is 19.1 Å². The molecule has 6 nitrogen and oxygen atoms in total. The fraction of sp³-hybridized carbons (Fsp3) is 0.250. The summed E-state index contributed by atoms with van der Waals surface area (Å²) in [6.45, 7) is 3.68. The number of ether oxygens (including phenoxy) is 1. The van der Waals surface area contributed by atoms with Crippen molar-refractivity contribution >= 4 is 11.8 Å². The lowest BCUT2D eigenvalue weighted by Gasteiger charge is -2.08. The van der Waals surface area contributed by atoms with E-state index in [2.05, 4.69) is 14.7 Å². The van der Waals surface area contributed by atoms with E-state index in [1.165, 1.54) is 7.11 Å². The van der Waals surface area contributed by atoms with Crippen molar-refractivity contribution in [2.24, 2.45) is 0 Å². The van der Waals surface area contributed by atoms with Crippen LogP contribution in [0.4, 0.5) is 5.82 Å². The van der Waals surface area contributed by atoms with E-state index in [-0.39, 0.29) is 11.5 Å². The number of carbonyl (C=O) groups is 1. The van der Waals surface area contributed by atoms with Gasteiger partial charge in [-0.05, 0) is 25.5 Å². The maximum absolute atomic E-state index is 11.5. The van der Waals surface area contributed by atoms with Crippen LogP contribution in [0.2, 0.25) is 0 Å². The van der Waals surface area contributed by atoms with Gasteiger partial charge in [0.15, 0.2) is 5.69 Å². The van der Waals surface area contributed by atoms with Crippen LogP contribution in [0.25, 0.3) is 5.82 Å². The number of aromatic nitrogens is 3. The second kappa shape index (κ2) is 4.48. The molecule has 2 rings (SSSR count). The van der Waals surface area contributed by atoms with Crippen molar-refractivity contribution < 1.29 is 9.53 Å². The molecule has 6 heteroatoms. The number of nitrogen functional groups attached to an aromatic ring is 1. The third-order valence-corrected chi connectivity index (χ3v) is 2.65. The van der Waals surface area contributed by atoms with Crippen LogP contribution in [0.3, 0.4) is 0 Å². The minimum Gasteiger partial charge on any atom is -0.464 e. The summed E-state index contributed by atoms with van der Waals surface area (Å²) >= 11 is 0. The highest BCUT2D eigenvalue weighted by Crippen LogP contribution is 2.21. The number of carbonyl (C=O) groups excluding carboxylic acids is 1. The molecule has 0 bridgehead atoms. The van der Waals surface area contributed by atoms with Gasteiger partial charge in [-0.25, -0.2) is 14.8 Å². The van der Waals surface area contributed by atoms with Gasteiger partial charge in [-0.1, -0.05) is 6.07 Å².